The van der Waals surface area contributed by atoms with E-state index in [2.05, 4.69) is 19.3 Å². The average Bonchev–Trinajstić information content (AvgIpc) is 2.73. The van der Waals surface area contributed by atoms with E-state index in [-0.39, 0.29) is 17.0 Å². The maximum Gasteiger partial charge on any atom is 0.359 e. The quantitative estimate of drug-likeness (QED) is 0.544. The highest BCUT2D eigenvalue weighted by atomic mass is 16.5. The minimum Gasteiger partial charge on any atom is -0.465 e. The van der Waals surface area contributed by atoms with Gasteiger partial charge in [0, 0.05) is 7.05 Å². The number of hydrogen-bond donors (Lipinski definition) is 0. The fraction of sp³-hybridized carbons (Fsp3) is 0.400. The molecule has 0 atom stereocenters. The molecule has 0 N–H and O–H groups in total. The lowest BCUT2D eigenvalue weighted by molar-refractivity contribution is 0.0534. The number of carbonyl (C=O) groups excluding carboxylic acids is 3. The summed E-state index contributed by atoms with van der Waals surface area (Å²) in [4.78, 5) is 34.6. The van der Waals surface area contributed by atoms with Gasteiger partial charge < -0.3 is 14.2 Å². The zero-order chi connectivity index (χ0) is 13.9. The van der Waals surface area contributed by atoms with Crippen molar-refractivity contribution in [1.82, 2.24) is 9.78 Å². The van der Waals surface area contributed by atoms with Crippen LogP contribution in [0.4, 0.5) is 0 Å². The van der Waals surface area contributed by atoms with Gasteiger partial charge in [-0.25, -0.2) is 14.4 Å². The molecule has 8 heteroatoms. The molecule has 1 aromatic heterocycles. The molecule has 0 saturated carbocycles. The van der Waals surface area contributed by atoms with Crippen LogP contribution >= 0.6 is 0 Å². The van der Waals surface area contributed by atoms with Gasteiger partial charge in [-0.1, -0.05) is 0 Å². The van der Waals surface area contributed by atoms with Crippen LogP contribution < -0.4 is 0 Å². The van der Waals surface area contributed by atoms with Crippen LogP contribution in [-0.4, -0.2) is 49.0 Å². The van der Waals surface area contributed by atoms with Crippen LogP contribution in [0.25, 0.3) is 0 Å². The minimum atomic E-state index is -0.871. The predicted octanol–water partition coefficient (Wildman–Crippen LogP) is -0.220. The molecule has 18 heavy (non-hydrogen) atoms. The lowest BCUT2D eigenvalue weighted by Crippen LogP contribution is -2.16. The maximum atomic E-state index is 11.6. The van der Waals surface area contributed by atoms with E-state index in [0.717, 1.165) is 26.0 Å². The van der Waals surface area contributed by atoms with Crippen molar-refractivity contribution in [3.05, 3.63) is 17.0 Å². The van der Waals surface area contributed by atoms with Gasteiger partial charge in [0.05, 0.1) is 21.3 Å². The molecule has 1 aromatic rings. The molecule has 0 aliphatic heterocycles. The lowest BCUT2D eigenvalue weighted by atomic mass is 10.1. The van der Waals surface area contributed by atoms with Crippen LogP contribution in [0.5, 0.6) is 0 Å². The van der Waals surface area contributed by atoms with Crippen molar-refractivity contribution in [3.63, 3.8) is 0 Å². The summed E-state index contributed by atoms with van der Waals surface area (Å²) in [5.41, 5.74) is -0.754. The molecule has 0 fully saturated rings. The Kier molecular flexibility index (Phi) is 4.03. The molecule has 0 amide bonds. The van der Waals surface area contributed by atoms with Crippen molar-refractivity contribution in [2.24, 2.45) is 7.05 Å². The maximum absolute atomic E-state index is 11.6. The van der Waals surface area contributed by atoms with E-state index in [0.29, 0.717) is 0 Å². The van der Waals surface area contributed by atoms with Crippen LogP contribution in [0.2, 0.25) is 0 Å². The average molecular weight is 256 g/mol. The summed E-state index contributed by atoms with van der Waals surface area (Å²) >= 11 is 0. The normalized spacial score (nSPS) is 9.78. The van der Waals surface area contributed by atoms with Crippen molar-refractivity contribution in [2.75, 3.05) is 21.3 Å². The van der Waals surface area contributed by atoms with Gasteiger partial charge >= 0.3 is 17.9 Å². The lowest BCUT2D eigenvalue weighted by Gasteiger charge is -2.03. The smallest absolute Gasteiger partial charge is 0.359 e. The number of aryl methyl sites for hydroxylation is 1. The van der Waals surface area contributed by atoms with Gasteiger partial charge in [0.15, 0.2) is 11.4 Å². The number of esters is 3. The van der Waals surface area contributed by atoms with Crippen LogP contribution in [0, 0.1) is 0 Å². The first kappa shape index (κ1) is 13.7. The summed E-state index contributed by atoms with van der Waals surface area (Å²) in [6.45, 7) is 0. The molecule has 0 unspecified atom stereocenters. The first-order valence-corrected chi connectivity index (χ1v) is 4.79. The molecule has 0 aliphatic rings. The highest BCUT2D eigenvalue weighted by molar-refractivity contribution is 6.08. The number of ether oxygens (including phenoxy) is 3. The SMILES string of the molecule is COC(=O)c1nn(C)c(C(=O)OC)c1C(=O)OC. The number of methoxy groups -OCH3 is 3. The third-order valence-corrected chi connectivity index (χ3v) is 2.19. The van der Waals surface area contributed by atoms with Gasteiger partial charge in [0.2, 0.25) is 0 Å². The van der Waals surface area contributed by atoms with Crippen molar-refractivity contribution >= 4 is 17.9 Å². The summed E-state index contributed by atoms with van der Waals surface area (Å²) in [5, 5.41) is 3.76. The van der Waals surface area contributed by atoms with Crippen molar-refractivity contribution in [3.8, 4) is 0 Å². The van der Waals surface area contributed by atoms with E-state index in [9.17, 15) is 14.4 Å². The Balaban J connectivity index is 3.51. The second-order valence-electron chi connectivity index (χ2n) is 3.17. The third kappa shape index (κ3) is 2.17. The number of rotatable bonds is 3. The largest absolute Gasteiger partial charge is 0.465 e. The van der Waals surface area contributed by atoms with E-state index in [4.69, 9.17) is 0 Å². The molecule has 0 radical (unpaired) electrons. The van der Waals surface area contributed by atoms with Crippen LogP contribution in [-0.2, 0) is 21.3 Å². The van der Waals surface area contributed by atoms with Gasteiger partial charge in [-0.05, 0) is 0 Å². The van der Waals surface area contributed by atoms with Gasteiger partial charge in [0.1, 0.15) is 5.56 Å². The Hall–Kier alpha value is -2.38. The van der Waals surface area contributed by atoms with E-state index in [1.54, 1.807) is 0 Å². The van der Waals surface area contributed by atoms with E-state index >= 15 is 0 Å². The van der Waals surface area contributed by atoms with Crippen molar-refractivity contribution in [1.29, 1.82) is 0 Å². The highest BCUT2D eigenvalue weighted by Crippen LogP contribution is 2.17. The number of hydrogen-bond acceptors (Lipinski definition) is 7. The minimum absolute atomic E-state index is 0.176. The second-order valence-corrected chi connectivity index (χ2v) is 3.17. The van der Waals surface area contributed by atoms with Crippen LogP contribution in [0.15, 0.2) is 0 Å². The van der Waals surface area contributed by atoms with Gasteiger partial charge in [-0.2, -0.15) is 5.10 Å². The molecule has 0 spiro atoms. The Morgan fingerprint density at radius 2 is 1.44 bits per heavy atom. The zero-order valence-electron chi connectivity index (χ0n) is 10.3. The van der Waals surface area contributed by atoms with Gasteiger partial charge in [-0.15, -0.1) is 0 Å². The number of carbonyl (C=O) groups is 3. The first-order valence-electron chi connectivity index (χ1n) is 4.79. The molecular formula is C10H12N2O6. The summed E-state index contributed by atoms with van der Waals surface area (Å²) < 4.78 is 14.6. The molecule has 1 rings (SSSR count). The highest BCUT2D eigenvalue weighted by Gasteiger charge is 2.32. The van der Waals surface area contributed by atoms with Gasteiger partial charge in [-0.3, -0.25) is 4.68 Å². The fourth-order valence-electron chi connectivity index (χ4n) is 1.39. The summed E-state index contributed by atoms with van der Waals surface area (Å²) in [5.74, 6) is -2.52. The number of aromatic nitrogens is 2. The van der Waals surface area contributed by atoms with Crippen molar-refractivity contribution < 1.29 is 28.6 Å². The molecule has 0 saturated heterocycles. The monoisotopic (exact) mass is 256 g/mol. The van der Waals surface area contributed by atoms with E-state index in [1.165, 1.54) is 7.05 Å². The Labute approximate surface area is 102 Å². The molecule has 0 aromatic carbocycles. The third-order valence-electron chi connectivity index (χ3n) is 2.19. The van der Waals surface area contributed by atoms with E-state index < -0.39 is 17.9 Å². The molecule has 8 nitrogen and oxygen atoms in total. The van der Waals surface area contributed by atoms with Crippen LogP contribution in [0.3, 0.4) is 0 Å². The van der Waals surface area contributed by atoms with Gasteiger partial charge in [0.25, 0.3) is 0 Å². The Bertz CT molecular complexity index is 505. The van der Waals surface area contributed by atoms with E-state index in [1.807, 2.05) is 0 Å². The number of nitrogens with zero attached hydrogens (tertiary/aromatic N) is 2. The molecule has 0 aliphatic carbocycles. The van der Waals surface area contributed by atoms with Crippen molar-refractivity contribution in [2.45, 2.75) is 0 Å². The van der Waals surface area contributed by atoms with Crippen LogP contribution in [0.1, 0.15) is 31.3 Å². The fourth-order valence-corrected chi connectivity index (χ4v) is 1.39. The summed E-state index contributed by atoms with van der Waals surface area (Å²) in [6.07, 6.45) is 0. The summed E-state index contributed by atoms with van der Waals surface area (Å²) in [6, 6.07) is 0. The second kappa shape index (κ2) is 5.30. The Morgan fingerprint density at radius 3 is 1.89 bits per heavy atom. The predicted molar refractivity (Wildman–Crippen MR) is 57.2 cm³/mol. The molecule has 98 valence electrons. The standard InChI is InChI=1S/C10H12N2O6/c1-12-7(10(15)18-4)5(8(13)16-2)6(11-12)9(14)17-3/h1-4H3. The summed E-state index contributed by atoms with van der Waals surface area (Å²) in [7, 11) is 4.80. The Morgan fingerprint density at radius 1 is 0.944 bits per heavy atom. The topological polar surface area (TPSA) is 96.7 Å². The molecule has 0 bridgehead atoms. The molecular weight excluding hydrogens is 244 g/mol. The zero-order valence-corrected chi connectivity index (χ0v) is 10.3. The first-order chi connectivity index (χ1) is 8.47. The molecule has 1 heterocycles.